The van der Waals surface area contributed by atoms with Gasteiger partial charge in [-0.2, -0.15) is 8.78 Å². The van der Waals surface area contributed by atoms with Crippen LogP contribution in [0.5, 0.6) is 5.75 Å². The maximum absolute atomic E-state index is 13.2. The Labute approximate surface area is 86.2 Å². The van der Waals surface area contributed by atoms with E-state index in [1.165, 1.54) is 12.1 Å². The maximum Gasteiger partial charge on any atom is 0.415 e. The van der Waals surface area contributed by atoms with Crippen LogP contribution < -0.4 is 10.1 Å². The van der Waals surface area contributed by atoms with E-state index in [1.54, 1.807) is 0 Å². The Morgan fingerprint density at radius 2 is 2.14 bits per heavy atom. The molecule has 0 saturated carbocycles. The van der Waals surface area contributed by atoms with Crippen LogP contribution in [-0.2, 0) is 0 Å². The standard InChI is InChI=1S/C8H5BrF3NO/c9-4-1-5(10)7-6(2-4)14-8(11,12)3-13-7/h1-2,13H,3H2. The smallest absolute Gasteiger partial charge is 0.415 e. The highest BCUT2D eigenvalue weighted by molar-refractivity contribution is 9.10. The number of rotatable bonds is 0. The molecular formula is C8H5BrF3NO. The Bertz CT molecular complexity index is 383. The van der Waals surface area contributed by atoms with Crippen LogP contribution in [0.4, 0.5) is 18.9 Å². The summed E-state index contributed by atoms with van der Waals surface area (Å²) in [5.41, 5.74) is -0.0286. The molecule has 76 valence electrons. The molecule has 0 amide bonds. The van der Waals surface area contributed by atoms with Crippen molar-refractivity contribution in [2.24, 2.45) is 0 Å². The van der Waals surface area contributed by atoms with E-state index < -0.39 is 18.5 Å². The van der Waals surface area contributed by atoms with Gasteiger partial charge in [0.25, 0.3) is 0 Å². The lowest BCUT2D eigenvalue weighted by Crippen LogP contribution is -2.37. The third-order valence-electron chi connectivity index (χ3n) is 1.75. The zero-order chi connectivity index (χ0) is 10.3. The third-order valence-corrected chi connectivity index (χ3v) is 2.21. The number of hydrogen-bond acceptors (Lipinski definition) is 2. The number of anilines is 1. The van der Waals surface area contributed by atoms with Crippen LogP contribution in [0.2, 0.25) is 0 Å². The molecule has 1 heterocycles. The summed E-state index contributed by atoms with van der Waals surface area (Å²) in [6, 6.07) is 2.47. The maximum atomic E-state index is 13.2. The molecule has 1 N–H and O–H groups in total. The second-order valence-electron chi connectivity index (χ2n) is 2.85. The normalized spacial score (nSPS) is 18.0. The van der Waals surface area contributed by atoms with Gasteiger partial charge >= 0.3 is 6.11 Å². The first-order valence-corrected chi connectivity index (χ1v) is 4.57. The average molecular weight is 268 g/mol. The zero-order valence-corrected chi connectivity index (χ0v) is 8.37. The molecule has 0 unspecified atom stereocenters. The molecule has 0 saturated heterocycles. The molecule has 0 aliphatic carbocycles. The van der Waals surface area contributed by atoms with Crippen LogP contribution in [0.1, 0.15) is 0 Å². The van der Waals surface area contributed by atoms with Crippen molar-refractivity contribution in [3.8, 4) is 5.75 Å². The topological polar surface area (TPSA) is 21.3 Å². The molecule has 0 bridgehead atoms. The van der Waals surface area contributed by atoms with Crippen LogP contribution in [0.3, 0.4) is 0 Å². The fraction of sp³-hybridized carbons (Fsp3) is 0.250. The number of ether oxygens (including phenoxy) is 1. The fourth-order valence-corrected chi connectivity index (χ4v) is 1.60. The SMILES string of the molecule is Fc1cc(Br)cc2c1NCC(F)(F)O2. The monoisotopic (exact) mass is 267 g/mol. The van der Waals surface area contributed by atoms with E-state index >= 15 is 0 Å². The molecular weight excluding hydrogens is 263 g/mol. The third kappa shape index (κ3) is 1.66. The largest absolute Gasteiger partial charge is 0.429 e. The van der Waals surface area contributed by atoms with Gasteiger partial charge in [-0.1, -0.05) is 15.9 Å². The first-order chi connectivity index (χ1) is 6.48. The quantitative estimate of drug-likeness (QED) is 0.781. The second kappa shape index (κ2) is 3.05. The van der Waals surface area contributed by atoms with Gasteiger partial charge in [0.1, 0.15) is 12.2 Å². The van der Waals surface area contributed by atoms with E-state index in [0.717, 1.165) is 0 Å². The van der Waals surface area contributed by atoms with Crippen molar-refractivity contribution in [1.29, 1.82) is 0 Å². The van der Waals surface area contributed by atoms with Crippen molar-refractivity contribution in [3.63, 3.8) is 0 Å². The number of alkyl halides is 2. The fourth-order valence-electron chi connectivity index (χ4n) is 1.19. The van der Waals surface area contributed by atoms with Gasteiger partial charge in [0.15, 0.2) is 11.6 Å². The van der Waals surface area contributed by atoms with Gasteiger partial charge in [-0.05, 0) is 12.1 Å². The lowest BCUT2D eigenvalue weighted by Gasteiger charge is -2.26. The summed E-state index contributed by atoms with van der Waals surface area (Å²) in [4.78, 5) is 0. The first kappa shape index (κ1) is 9.64. The van der Waals surface area contributed by atoms with E-state index in [4.69, 9.17) is 0 Å². The van der Waals surface area contributed by atoms with Crippen molar-refractivity contribution in [1.82, 2.24) is 0 Å². The Morgan fingerprint density at radius 1 is 1.43 bits per heavy atom. The van der Waals surface area contributed by atoms with Gasteiger partial charge in [-0.25, -0.2) is 4.39 Å². The Morgan fingerprint density at radius 3 is 2.86 bits per heavy atom. The molecule has 0 radical (unpaired) electrons. The molecule has 1 aromatic rings. The van der Waals surface area contributed by atoms with E-state index in [-0.39, 0.29) is 11.4 Å². The van der Waals surface area contributed by atoms with Crippen LogP contribution in [0, 0.1) is 5.82 Å². The van der Waals surface area contributed by atoms with Gasteiger partial charge in [-0.15, -0.1) is 0 Å². The molecule has 2 rings (SSSR count). The van der Waals surface area contributed by atoms with E-state index in [9.17, 15) is 13.2 Å². The summed E-state index contributed by atoms with van der Waals surface area (Å²) in [6.07, 6.45) is -3.29. The predicted octanol–water partition coefficient (Wildman–Crippen LogP) is 2.99. The minimum absolute atomic E-state index is 0.0286. The summed E-state index contributed by atoms with van der Waals surface area (Å²) < 4.78 is 43.3. The zero-order valence-electron chi connectivity index (χ0n) is 6.78. The molecule has 0 aromatic heterocycles. The van der Waals surface area contributed by atoms with Gasteiger partial charge in [0.05, 0.1) is 0 Å². The highest BCUT2D eigenvalue weighted by Crippen LogP contribution is 2.38. The highest BCUT2D eigenvalue weighted by atomic mass is 79.9. The lowest BCUT2D eigenvalue weighted by atomic mass is 10.2. The summed E-state index contributed by atoms with van der Waals surface area (Å²) in [7, 11) is 0. The highest BCUT2D eigenvalue weighted by Gasteiger charge is 2.37. The van der Waals surface area contributed by atoms with Crippen LogP contribution >= 0.6 is 15.9 Å². The molecule has 14 heavy (non-hydrogen) atoms. The summed E-state index contributed by atoms with van der Waals surface area (Å²) >= 11 is 2.99. The van der Waals surface area contributed by atoms with E-state index in [1.807, 2.05) is 0 Å². The molecule has 1 aromatic carbocycles. The van der Waals surface area contributed by atoms with Gasteiger partial charge in [0, 0.05) is 4.47 Å². The van der Waals surface area contributed by atoms with Crippen LogP contribution in [-0.4, -0.2) is 12.7 Å². The first-order valence-electron chi connectivity index (χ1n) is 3.78. The Balaban J connectivity index is 2.47. The van der Waals surface area contributed by atoms with Crippen molar-refractivity contribution in [2.75, 3.05) is 11.9 Å². The van der Waals surface area contributed by atoms with Crippen molar-refractivity contribution in [3.05, 3.63) is 22.4 Å². The molecule has 2 nitrogen and oxygen atoms in total. The van der Waals surface area contributed by atoms with Gasteiger partial charge in [0.2, 0.25) is 0 Å². The average Bonchev–Trinajstić information content (AvgIpc) is 2.00. The van der Waals surface area contributed by atoms with Gasteiger partial charge < -0.3 is 10.1 Å². The number of benzene rings is 1. The predicted molar refractivity (Wildman–Crippen MR) is 48.2 cm³/mol. The molecule has 1 aliphatic heterocycles. The van der Waals surface area contributed by atoms with Crippen molar-refractivity contribution in [2.45, 2.75) is 6.11 Å². The number of halogens is 4. The van der Waals surface area contributed by atoms with Crippen molar-refractivity contribution >= 4 is 21.6 Å². The van der Waals surface area contributed by atoms with E-state index in [0.29, 0.717) is 4.47 Å². The second-order valence-corrected chi connectivity index (χ2v) is 3.77. The molecule has 6 heteroatoms. The number of nitrogens with one attached hydrogen (secondary N) is 1. The summed E-state index contributed by atoms with van der Waals surface area (Å²) in [6.45, 7) is -0.724. The molecule has 0 spiro atoms. The molecule has 0 atom stereocenters. The Kier molecular flexibility index (Phi) is 2.10. The van der Waals surface area contributed by atoms with E-state index in [2.05, 4.69) is 26.0 Å². The summed E-state index contributed by atoms with van der Waals surface area (Å²) in [5.74, 6) is -0.807. The molecule has 0 fully saturated rings. The lowest BCUT2D eigenvalue weighted by molar-refractivity contribution is -0.167. The molecule has 1 aliphatic rings. The number of fused-ring (bicyclic) bond motifs is 1. The van der Waals surface area contributed by atoms with Crippen LogP contribution in [0.15, 0.2) is 16.6 Å². The summed E-state index contributed by atoms with van der Waals surface area (Å²) in [5, 5.41) is 2.28. The minimum Gasteiger partial charge on any atom is -0.429 e. The minimum atomic E-state index is -3.29. The number of hydrogen-bond donors (Lipinski definition) is 1. The Hall–Kier alpha value is -0.910. The van der Waals surface area contributed by atoms with Gasteiger partial charge in [-0.3, -0.25) is 0 Å². The van der Waals surface area contributed by atoms with Crippen molar-refractivity contribution < 1.29 is 17.9 Å². The van der Waals surface area contributed by atoms with Crippen LogP contribution in [0.25, 0.3) is 0 Å².